The molecule has 4 nitrogen and oxygen atoms in total. The summed E-state index contributed by atoms with van der Waals surface area (Å²) < 4.78 is 38.7. The first-order chi connectivity index (χ1) is 13.3. The van der Waals surface area contributed by atoms with E-state index in [0.717, 1.165) is 30.5 Å². The highest BCUT2D eigenvalue weighted by molar-refractivity contribution is 5.82. The lowest BCUT2D eigenvalue weighted by molar-refractivity contribution is -0.137. The number of nitrogens with one attached hydrogen (secondary N) is 2. The minimum atomic E-state index is -4.41. The maximum atomic E-state index is 12.9. The summed E-state index contributed by atoms with van der Waals surface area (Å²) in [6.45, 7) is 0. The Morgan fingerprint density at radius 1 is 1.00 bits per heavy atom. The Balaban J connectivity index is 1.74. The number of alkyl halides is 3. The second-order valence-corrected chi connectivity index (χ2v) is 7.30. The molecule has 1 atom stereocenters. The van der Waals surface area contributed by atoms with Gasteiger partial charge in [0, 0.05) is 29.3 Å². The van der Waals surface area contributed by atoms with Crippen molar-refractivity contribution in [1.82, 2.24) is 10.3 Å². The highest BCUT2D eigenvalue weighted by Crippen LogP contribution is 2.38. The van der Waals surface area contributed by atoms with Crippen LogP contribution in [-0.2, 0) is 11.0 Å². The van der Waals surface area contributed by atoms with E-state index in [0.29, 0.717) is 35.6 Å². The summed E-state index contributed by atoms with van der Waals surface area (Å²) in [6, 6.07) is 8.17. The van der Waals surface area contributed by atoms with E-state index in [-0.39, 0.29) is 17.5 Å². The van der Waals surface area contributed by atoms with Crippen molar-refractivity contribution in [2.45, 2.75) is 43.8 Å². The van der Waals surface area contributed by atoms with Crippen molar-refractivity contribution in [3.63, 3.8) is 0 Å². The van der Waals surface area contributed by atoms with Crippen LogP contribution in [0.5, 0.6) is 0 Å². The monoisotopic (exact) mass is 388 g/mol. The molecule has 28 heavy (non-hydrogen) atoms. The van der Waals surface area contributed by atoms with Gasteiger partial charge in [0.25, 0.3) is 5.56 Å². The van der Waals surface area contributed by atoms with Crippen molar-refractivity contribution in [2.75, 3.05) is 0 Å². The van der Waals surface area contributed by atoms with E-state index in [1.807, 2.05) is 0 Å². The molecule has 1 aliphatic carbocycles. The third kappa shape index (κ3) is 3.88. The molecule has 1 amide bonds. The number of benzene rings is 1. The minimum Gasteiger partial charge on any atom is -0.350 e. The number of rotatable bonds is 4. The van der Waals surface area contributed by atoms with Crippen LogP contribution in [0.3, 0.4) is 0 Å². The van der Waals surface area contributed by atoms with E-state index in [2.05, 4.69) is 10.3 Å². The summed E-state index contributed by atoms with van der Waals surface area (Å²) in [4.78, 5) is 26.8. The molecule has 1 aromatic carbocycles. The van der Waals surface area contributed by atoms with Crippen LogP contribution < -0.4 is 10.9 Å². The van der Waals surface area contributed by atoms with E-state index in [1.165, 1.54) is 12.1 Å². The molecule has 2 aromatic rings. The molecule has 2 N–H and O–H groups in total. The number of carbonyl (C=O) groups excluding carboxylic acids is 1. The molecule has 7 heteroatoms. The van der Waals surface area contributed by atoms with Gasteiger partial charge in [-0.05, 0) is 48.9 Å². The van der Waals surface area contributed by atoms with Crippen LogP contribution in [0.15, 0.2) is 47.3 Å². The predicted molar refractivity (Wildman–Crippen MR) is 98.7 cm³/mol. The van der Waals surface area contributed by atoms with Gasteiger partial charge in [-0.15, -0.1) is 0 Å². The van der Waals surface area contributed by atoms with Crippen LogP contribution in [0.2, 0.25) is 0 Å². The number of hydrogen-bond donors (Lipinski definition) is 2. The molecule has 4 rings (SSSR count). The summed E-state index contributed by atoms with van der Waals surface area (Å²) in [5.41, 5.74) is 1.50. The summed E-state index contributed by atoms with van der Waals surface area (Å²) in [7, 11) is 0. The second kappa shape index (κ2) is 6.96. The molecule has 2 fully saturated rings. The Kier molecular flexibility index (Phi) is 4.61. The van der Waals surface area contributed by atoms with Gasteiger partial charge >= 0.3 is 6.18 Å². The fourth-order valence-electron chi connectivity index (χ4n) is 3.50. The van der Waals surface area contributed by atoms with E-state index in [4.69, 9.17) is 0 Å². The summed E-state index contributed by atoms with van der Waals surface area (Å²) in [6.07, 6.45) is 0.389. The SMILES string of the molecule is O=C1CC[C@H](C=C(c2ccc(C(F)(F)F)cc2)c2ccc(C3CC3)c(=O)[nH]2)N1. The van der Waals surface area contributed by atoms with Crippen molar-refractivity contribution in [1.29, 1.82) is 0 Å². The number of aromatic amines is 1. The largest absolute Gasteiger partial charge is 0.416 e. The number of hydrogen-bond acceptors (Lipinski definition) is 2. The first-order valence-electron chi connectivity index (χ1n) is 9.23. The number of aromatic nitrogens is 1. The Bertz CT molecular complexity index is 986. The molecule has 0 bridgehead atoms. The van der Waals surface area contributed by atoms with Gasteiger partial charge in [-0.2, -0.15) is 13.2 Å². The van der Waals surface area contributed by atoms with Crippen molar-refractivity contribution in [2.24, 2.45) is 0 Å². The molecule has 0 unspecified atom stereocenters. The van der Waals surface area contributed by atoms with Gasteiger partial charge in [-0.3, -0.25) is 9.59 Å². The van der Waals surface area contributed by atoms with Crippen molar-refractivity contribution >= 4 is 11.5 Å². The van der Waals surface area contributed by atoms with Crippen molar-refractivity contribution in [3.05, 3.63) is 75.2 Å². The number of carbonyl (C=O) groups is 1. The van der Waals surface area contributed by atoms with Gasteiger partial charge in [0.1, 0.15) is 0 Å². The van der Waals surface area contributed by atoms with Gasteiger partial charge < -0.3 is 10.3 Å². The summed E-state index contributed by atoms with van der Waals surface area (Å²) in [5, 5.41) is 2.83. The van der Waals surface area contributed by atoms with Crippen LogP contribution in [0.25, 0.3) is 5.57 Å². The maximum Gasteiger partial charge on any atom is 0.416 e. The molecule has 0 radical (unpaired) electrons. The van der Waals surface area contributed by atoms with E-state index in [1.54, 1.807) is 18.2 Å². The molecule has 0 spiro atoms. The normalized spacial score (nSPS) is 20.3. The first-order valence-corrected chi connectivity index (χ1v) is 9.23. The molecule has 1 aromatic heterocycles. The predicted octanol–water partition coefficient (Wildman–Crippen LogP) is 3.98. The van der Waals surface area contributed by atoms with Gasteiger partial charge in [0.15, 0.2) is 0 Å². The van der Waals surface area contributed by atoms with Crippen LogP contribution in [0.4, 0.5) is 13.2 Å². The molecule has 1 saturated carbocycles. The third-order valence-corrected chi connectivity index (χ3v) is 5.17. The van der Waals surface area contributed by atoms with E-state index in [9.17, 15) is 22.8 Å². The smallest absolute Gasteiger partial charge is 0.350 e. The lowest BCUT2D eigenvalue weighted by Gasteiger charge is -2.14. The van der Waals surface area contributed by atoms with Crippen LogP contribution in [0, 0.1) is 0 Å². The Morgan fingerprint density at radius 3 is 2.25 bits per heavy atom. The van der Waals surface area contributed by atoms with Crippen LogP contribution >= 0.6 is 0 Å². The van der Waals surface area contributed by atoms with Gasteiger partial charge in [0.05, 0.1) is 5.56 Å². The van der Waals surface area contributed by atoms with Gasteiger partial charge in [-0.25, -0.2) is 0 Å². The van der Waals surface area contributed by atoms with Crippen molar-refractivity contribution < 1.29 is 18.0 Å². The standard InChI is InChI=1S/C21H19F3N2O2/c22-21(23,24)14-5-3-13(4-6-14)17(11-15-7-10-19(27)25-15)18-9-8-16(12-1-2-12)20(28)26-18/h3-6,8-9,11-12,15H,1-2,7,10H2,(H,25,27)(H,26,28)/t15-/m1/s1. The molecule has 2 aliphatic rings. The maximum absolute atomic E-state index is 12.9. The molecular formula is C21H19F3N2O2. The number of amides is 1. The molecular weight excluding hydrogens is 369 g/mol. The quantitative estimate of drug-likeness (QED) is 0.832. The Hall–Kier alpha value is -2.83. The molecule has 2 heterocycles. The Morgan fingerprint density at radius 2 is 1.71 bits per heavy atom. The van der Waals surface area contributed by atoms with Crippen LogP contribution in [-0.4, -0.2) is 16.9 Å². The zero-order valence-electron chi connectivity index (χ0n) is 15.0. The Labute approximate surface area is 159 Å². The van der Waals surface area contributed by atoms with E-state index >= 15 is 0 Å². The fourth-order valence-corrected chi connectivity index (χ4v) is 3.50. The zero-order chi connectivity index (χ0) is 19.9. The number of H-pyrrole nitrogens is 1. The van der Waals surface area contributed by atoms with Gasteiger partial charge in [-0.1, -0.05) is 24.3 Å². The van der Waals surface area contributed by atoms with Gasteiger partial charge in [0.2, 0.25) is 5.91 Å². The molecule has 1 saturated heterocycles. The topological polar surface area (TPSA) is 62.0 Å². The minimum absolute atomic E-state index is 0.0643. The fraction of sp³-hybridized carbons (Fsp3) is 0.333. The molecule has 146 valence electrons. The van der Waals surface area contributed by atoms with Crippen LogP contribution in [0.1, 0.15) is 54.0 Å². The van der Waals surface area contributed by atoms with E-state index < -0.39 is 11.7 Å². The summed E-state index contributed by atoms with van der Waals surface area (Å²) >= 11 is 0. The first kappa shape index (κ1) is 18.5. The second-order valence-electron chi connectivity index (χ2n) is 7.30. The highest BCUT2D eigenvalue weighted by atomic mass is 19.4. The lowest BCUT2D eigenvalue weighted by Crippen LogP contribution is -2.23. The lowest BCUT2D eigenvalue weighted by atomic mass is 9.97. The number of pyridine rings is 1. The summed E-state index contributed by atoms with van der Waals surface area (Å²) in [5.74, 6) is 0.232. The zero-order valence-corrected chi connectivity index (χ0v) is 15.0. The molecule has 1 aliphatic heterocycles. The average molecular weight is 388 g/mol. The highest BCUT2D eigenvalue weighted by Gasteiger charge is 2.30. The van der Waals surface area contributed by atoms with Crippen molar-refractivity contribution in [3.8, 4) is 0 Å². The third-order valence-electron chi connectivity index (χ3n) is 5.17. The average Bonchev–Trinajstić information content (AvgIpc) is 3.40. The number of halogens is 3.